The van der Waals surface area contributed by atoms with Gasteiger partial charge in [0.05, 0.1) is 30.1 Å². The Hall–Kier alpha value is -3.53. The predicted molar refractivity (Wildman–Crippen MR) is 124 cm³/mol. The SMILES string of the molecule is Cc1cnc2c(C(=O)Nc3cc4c(cc3OC(C)C)C(=O)N(CC(F)C(C)(C)O)C4)cnn2c1. The van der Waals surface area contributed by atoms with E-state index in [9.17, 15) is 19.1 Å². The van der Waals surface area contributed by atoms with Gasteiger partial charge in [-0.1, -0.05) is 0 Å². The molecule has 3 aromatic rings. The van der Waals surface area contributed by atoms with Gasteiger partial charge in [0.15, 0.2) is 5.65 Å². The number of rotatable bonds is 7. The van der Waals surface area contributed by atoms with Gasteiger partial charge in [-0.3, -0.25) is 9.59 Å². The number of fused-ring (bicyclic) bond motifs is 2. The molecular formula is C24H28FN5O4. The number of ether oxygens (including phenoxy) is 1. The summed E-state index contributed by atoms with van der Waals surface area (Å²) in [4.78, 5) is 31.6. The van der Waals surface area contributed by atoms with Gasteiger partial charge in [-0.15, -0.1) is 0 Å². The van der Waals surface area contributed by atoms with Gasteiger partial charge in [-0.25, -0.2) is 13.9 Å². The van der Waals surface area contributed by atoms with Crippen molar-refractivity contribution in [3.63, 3.8) is 0 Å². The summed E-state index contributed by atoms with van der Waals surface area (Å²) < 4.78 is 21.8. The molecule has 0 radical (unpaired) electrons. The molecule has 0 saturated heterocycles. The highest BCUT2D eigenvalue weighted by Crippen LogP contribution is 2.35. The third kappa shape index (κ3) is 4.58. The minimum Gasteiger partial charge on any atom is -0.489 e. The number of carbonyl (C=O) groups is 2. The molecule has 1 aliphatic rings. The fourth-order valence-corrected chi connectivity index (χ4v) is 3.73. The Bertz CT molecular complexity index is 1260. The monoisotopic (exact) mass is 469 g/mol. The van der Waals surface area contributed by atoms with Crippen LogP contribution in [0.3, 0.4) is 0 Å². The molecule has 0 spiro atoms. The van der Waals surface area contributed by atoms with Gasteiger partial charge in [0.25, 0.3) is 11.8 Å². The van der Waals surface area contributed by atoms with Crippen molar-refractivity contribution >= 4 is 23.1 Å². The standard InChI is InChI=1S/C24H28FN5O4/c1-13(2)34-19-7-16-15(11-29(23(16)32)12-20(25)24(4,5)33)6-18(19)28-22(31)17-9-27-30-10-14(3)8-26-21(17)30/h6-10,13,20,33H,11-12H2,1-5H3,(H,28,31). The molecule has 180 valence electrons. The molecule has 0 saturated carbocycles. The van der Waals surface area contributed by atoms with Gasteiger partial charge in [0.2, 0.25) is 0 Å². The topological polar surface area (TPSA) is 109 Å². The van der Waals surface area contributed by atoms with Crippen LogP contribution in [-0.4, -0.2) is 60.8 Å². The number of aromatic nitrogens is 3. The highest BCUT2D eigenvalue weighted by atomic mass is 19.1. The Morgan fingerprint density at radius 2 is 2.06 bits per heavy atom. The first-order valence-electron chi connectivity index (χ1n) is 11.0. The maximum Gasteiger partial charge on any atom is 0.261 e. The predicted octanol–water partition coefficient (Wildman–Crippen LogP) is 3.14. The molecule has 3 heterocycles. The average molecular weight is 470 g/mol. The summed E-state index contributed by atoms with van der Waals surface area (Å²) in [7, 11) is 0. The van der Waals surface area contributed by atoms with Crippen molar-refractivity contribution < 1.29 is 23.8 Å². The van der Waals surface area contributed by atoms with Gasteiger partial charge in [-0.05, 0) is 57.9 Å². The third-order valence-corrected chi connectivity index (χ3v) is 5.57. The number of hydrogen-bond donors (Lipinski definition) is 2. The Morgan fingerprint density at radius 3 is 2.74 bits per heavy atom. The van der Waals surface area contributed by atoms with Gasteiger partial charge in [0, 0.05) is 24.5 Å². The smallest absolute Gasteiger partial charge is 0.261 e. The molecule has 0 aliphatic carbocycles. The number of amides is 2. The van der Waals surface area contributed by atoms with Crippen molar-refractivity contribution in [3.8, 4) is 5.75 Å². The summed E-state index contributed by atoms with van der Waals surface area (Å²) in [6.45, 7) is 8.20. The fraction of sp³-hybridized carbons (Fsp3) is 0.417. The molecule has 9 nitrogen and oxygen atoms in total. The Morgan fingerprint density at radius 1 is 1.32 bits per heavy atom. The average Bonchev–Trinajstić information content (AvgIpc) is 3.28. The molecule has 2 amide bonds. The van der Waals surface area contributed by atoms with Gasteiger partial charge < -0.3 is 20.1 Å². The summed E-state index contributed by atoms with van der Waals surface area (Å²) >= 11 is 0. The van der Waals surface area contributed by atoms with E-state index in [2.05, 4.69) is 15.4 Å². The van der Waals surface area contributed by atoms with Crippen LogP contribution in [0.4, 0.5) is 10.1 Å². The van der Waals surface area contributed by atoms with Crippen molar-refractivity contribution in [1.82, 2.24) is 19.5 Å². The molecule has 2 aromatic heterocycles. The molecule has 10 heteroatoms. The van der Waals surface area contributed by atoms with Crippen LogP contribution in [0.25, 0.3) is 5.65 Å². The Balaban J connectivity index is 1.64. The van der Waals surface area contributed by atoms with E-state index >= 15 is 0 Å². The minimum atomic E-state index is -1.61. The van der Waals surface area contributed by atoms with Gasteiger partial charge >= 0.3 is 0 Å². The summed E-state index contributed by atoms with van der Waals surface area (Å²) in [6.07, 6.45) is 3.05. The maximum atomic E-state index is 14.4. The molecule has 1 unspecified atom stereocenters. The van der Waals surface area contributed by atoms with Gasteiger partial charge in [0.1, 0.15) is 17.5 Å². The van der Waals surface area contributed by atoms with Crippen molar-refractivity contribution in [2.45, 2.75) is 59.0 Å². The summed E-state index contributed by atoms with van der Waals surface area (Å²) in [5.74, 6) is -0.445. The second kappa shape index (κ2) is 8.68. The van der Waals surface area contributed by atoms with Gasteiger partial charge in [-0.2, -0.15) is 5.10 Å². The van der Waals surface area contributed by atoms with E-state index in [0.717, 1.165) is 5.56 Å². The Kier molecular flexibility index (Phi) is 6.03. The van der Waals surface area contributed by atoms with E-state index in [4.69, 9.17) is 4.74 Å². The Labute approximate surface area is 196 Å². The normalized spacial score (nSPS) is 14.6. The van der Waals surface area contributed by atoms with E-state index in [1.165, 1.54) is 29.5 Å². The first-order chi connectivity index (χ1) is 15.9. The van der Waals surface area contributed by atoms with Crippen LogP contribution in [0, 0.1) is 6.92 Å². The van der Waals surface area contributed by atoms with Crippen LogP contribution >= 0.6 is 0 Å². The van der Waals surface area contributed by atoms with Crippen molar-refractivity contribution in [2.75, 3.05) is 11.9 Å². The van der Waals surface area contributed by atoms with Crippen LogP contribution in [0.2, 0.25) is 0 Å². The first kappa shape index (κ1) is 23.6. The molecule has 1 aliphatic heterocycles. The van der Waals surface area contributed by atoms with E-state index in [1.54, 1.807) is 24.5 Å². The molecule has 0 bridgehead atoms. The van der Waals surface area contributed by atoms with Crippen LogP contribution in [-0.2, 0) is 6.54 Å². The second-order valence-corrected chi connectivity index (χ2v) is 9.39. The van der Waals surface area contributed by atoms with E-state index < -0.39 is 17.7 Å². The van der Waals surface area contributed by atoms with Crippen LogP contribution in [0.1, 0.15) is 59.5 Å². The lowest BCUT2D eigenvalue weighted by molar-refractivity contribution is -0.0159. The number of aliphatic hydroxyl groups is 1. The maximum absolute atomic E-state index is 14.4. The second-order valence-electron chi connectivity index (χ2n) is 9.39. The molecule has 1 atom stereocenters. The summed E-state index contributed by atoms with van der Waals surface area (Å²) in [6, 6.07) is 3.24. The molecule has 1 aromatic carbocycles. The number of aryl methyl sites for hydroxylation is 1. The van der Waals surface area contributed by atoms with Crippen molar-refractivity contribution in [3.05, 3.63) is 53.0 Å². The largest absolute Gasteiger partial charge is 0.489 e. The number of benzene rings is 1. The third-order valence-electron chi connectivity index (χ3n) is 5.57. The number of nitrogens with zero attached hydrogens (tertiary/aromatic N) is 4. The van der Waals surface area contributed by atoms with E-state index in [0.29, 0.717) is 33.8 Å². The summed E-state index contributed by atoms with van der Waals surface area (Å²) in [5, 5.41) is 17.0. The molecule has 34 heavy (non-hydrogen) atoms. The number of carbonyl (C=O) groups excluding carboxylic acids is 2. The van der Waals surface area contributed by atoms with Crippen molar-refractivity contribution in [2.24, 2.45) is 0 Å². The zero-order valence-corrected chi connectivity index (χ0v) is 19.8. The highest BCUT2D eigenvalue weighted by Gasteiger charge is 2.35. The number of hydrogen-bond acceptors (Lipinski definition) is 6. The number of nitrogens with one attached hydrogen (secondary N) is 1. The quantitative estimate of drug-likeness (QED) is 0.550. The first-order valence-corrected chi connectivity index (χ1v) is 11.0. The van der Waals surface area contributed by atoms with E-state index in [1.807, 2.05) is 20.8 Å². The van der Waals surface area contributed by atoms with Crippen molar-refractivity contribution in [1.29, 1.82) is 0 Å². The number of anilines is 1. The lowest BCUT2D eigenvalue weighted by atomic mass is 10.0. The van der Waals surface area contributed by atoms with E-state index in [-0.39, 0.29) is 25.1 Å². The molecule has 0 fully saturated rings. The summed E-state index contributed by atoms with van der Waals surface area (Å²) in [5.41, 5.74) is 1.44. The zero-order valence-electron chi connectivity index (χ0n) is 19.8. The number of halogens is 1. The van der Waals surface area contributed by atoms with Crippen LogP contribution in [0.15, 0.2) is 30.7 Å². The molecule has 2 N–H and O–H groups in total. The fourth-order valence-electron chi connectivity index (χ4n) is 3.73. The number of alkyl halides is 1. The zero-order chi connectivity index (χ0) is 24.8. The molecule has 4 rings (SSSR count). The van der Waals surface area contributed by atoms with Crippen LogP contribution < -0.4 is 10.1 Å². The van der Waals surface area contributed by atoms with Crippen LogP contribution in [0.5, 0.6) is 5.75 Å². The minimum absolute atomic E-state index is 0.160. The molecular weight excluding hydrogens is 441 g/mol. The highest BCUT2D eigenvalue weighted by molar-refractivity contribution is 6.09. The lowest BCUT2D eigenvalue weighted by Gasteiger charge is -2.26. The lowest BCUT2D eigenvalue weighted by Crippen LogP contribution is -2.42.